The molecule has 0 heterocycles. The minimum absolute atomic E-state index is 0.0235. The van der Waals surface area contributed by atoms with Crippen LogP contribution < -0.4 is 5.32 Å². The Morgan fingerprint density at radius 2 is 1.37 bits per heavy atom. The molecule has 0 spiro atoms. The summed E-state index contributed by atoms with van der Waals surface area (Å²) in [6.45, 7) is 9.02. The van der Waals surface area contributed by atoms with Crippen LogP contribution in [0, 0.1) is 5.92 Å². The predicted octanol–water partition coefficient (Wildman–Crippen LogP) is 4.36. The fourth-order valence-corrected chi connectivity index (χ4v) is 3.16. The Hall–Kier alpha value is -3.45. The lowest BCUT2D eigenvalue weighted by atomic mass is 10.00. The number of hydrogen-bond donors (Lipinski definition) is 1. The van der Waals surface area contributed by atoms with E-state index in [1.165, 1.54) is 6.92 Å². The molecule has 2 aromatic rings. The molecule has 0 fully saturated rings. The molecule has 1 unspecified atom stereocenters. The highest BCUT2D eigenvalue weighted by Crippen LogP contribution is 2.19. The van der Waals surface area contributed by atoms with Crippen LogP contribution in [0.2, 0.25) is 0 Å². The normalized spacial score (nSPS) is 12.8. The lowest BCUT2D eigenvalue weighted by molar-refractivity contribution is -0.144. The Labute approximate surface area is 207 Å². The molecule has 7 heteroatoms. The van der Waals surface area contributed by atoms with Crippen molar-refractivity contribution in [3.8, 4) is 0 Å². The first-order valence-corrected chi connectivity index (χ1v) is 11.6. The maximum atomic E-state index is 13.0. The molecule has 1 N–H and O–H groups in total. The summed E-state index contributed by atoms with van der Waals surface area (Å²) in [6, 6.07) is 18.5. The third-order valence-electron chi connectivity index (χ3n) is 4.96. The van der Waals surface area contributed by atoms with E-state index in [0.29, 0.717) is 0 Å². The number of esters is 2. The number of ether oxygens (including phenoxy) is 3. The first kappa shape index (κ1) is 27.8. The summed E-state index contributed by atoms with van der Waals surface area (Å²) in [7, 11) is 0. The van der Waals surface area contributed by atoms with E-state index in [4.69, 9.17) is 14.2 Å². The molecule has 7 nitrogen and oxygen atoms in total. The van der Waals surface area contributed by atoms with Gasteiger partial charge >= 0.3 is 11.9 Å². The molecule has 0 aliphatic rings. The Morgan fingerprint density at radius 1 is 0.857 bits per heavy atom. The molecule has 188 valence electrons. The van der Waals surface area contributed by atoms with Crippen molar-refractivity contribution in [3.63, 3.8) is 0 Å². The summed E-state index contributed by atoms with van der Waals surface area (Å²) < 4.78 is 16.6. The van der Waals surface area contributed by atoms with Crippen molar-refractivity contribution in [2.75, 3.05) is 13.2 Å². The second kappa shape index (κ2) is 13.4. The van der Waals surface area contributed by atoms with Gasteiger partial charge in [-0.3, -0.25) is 9.59 Å². The topological polar surface area (TPSA) is 90.9 Å². The fourth-order valence-electron chi connectivity index (χ4n) is 3.16. The highest BCUT2D eigenvalue weighted by Gasteiger charge is 2.27. The minimum atomic E-state index is -0.760. The van der Waals surface area contributed by atoms with Crippen molar-refractivity contribution in [3.05, 3.63) is 83.1 Å². The van der Waals surface area contributed by atoms with Crippen molar-refractivity contribution in [2.24, 2.45) is 5.92 Å². The third kappa shape index (κ3) is 10.1. The van der Waals surface area contributed by atoms with Crippen LogP contribution in [-0.4, -0.2) is 36.5 Å². The molecule has 0 aromatic heterocycles. The summed E-state index contributed by atoms with van der Waals surface area (Å²) in [4.78, 5) is 37.9. The summed E-state index contributed by atoms with van der Waals surface area (Å²) >= 11 is 0. The van der Waals surface area contributed by atoms with Crippen LogP contribution in [-0.2, 0) is 41.8 Å². The lowest BCUT2D eigenvalue weighted by Crippen LogP contribution is -2.34. The van der Waals surface area contributed by atoms with Gasteiger partial charge in [-0.1, -0.05) is 67.6 Å². The van der Waals surface area contributed by atoms with Crippen molar-refractivity contribution in [1.82, 2.24) is 5.32 Å². The van der Waals surface area contributed by atoms with E-state index < -0.39 is 23.3 Å². The van der Waals surface area contributed by atoms with Crippen molar-refractivity contribution in [1.29, 1.82) is 0 Å². The van der Waals surface area contributed by atoms with Gasteiger partial charge in [-0.05, 0) is 38.8 Å². The van der Waals surface area contributed by atoms with Crippen LogP contribution in [0.4, 0.5) is 0 Å². The number of hydrogen-bond acceptors (Lipinski definition) is 7. The smallest absolute Gasteiger partial charge is 0.343 e. The largest absolute Gasteiger partial charge is 0.460 e. The van der Waals surface area contributed by atoms with Gasteiger partial charge in [0.1, 0.15) is 25.3 Å². The molecule has 0 saturated heterocycles. The van der Waals surface area contributed by atoms with Gasteiger partial charge in [-0.2, -0.15) is 0 Å². The van der Waals surface area contributed by atoms with Gasteiger partial charge in [0, 0.05) is 11.6 Å². The Bertz CT molecular complexity index is 1010. The summed E-state index contributed by atoms with van der Waals surface area (Å²) in [5.41, 5.74) is 1.39. The molecule has 35 heavy (non-hydrogen) atoms. The van der Waals surface area contributed by atoms with E-state index in [0.717, 1.165) is 11.1 Å². The predicted molar refractivity (Wildman–Crippen MR) is 133 cm³/mol. The molecular weight excluding hydrogens is 446 g/mol. The molecule has 0 aliphatic heterocycles. The molecule has 0 aliphatic carbocycles. The van der Waals surface area contributed by atoms with E-state index in [2.05, 4.69) is 5.32 Å². The zero-order chi connectivity index (χ0) is 25.8. The second-order valence-electron chi connectivity index (χ2n) is 9.23. The molecule has 0 saturated carbocycles. The number of Topliss-reactive ketones (excluding diaryl/α,β-unsaturated/α-hetero) is 1. The lowest BCUT2D eigenvalue weighted by Gasteiger charge is -2.25. The van der Waals surface area contributed by atoms with Crippen LogP contribution >= 0.6 is 0 Å². The Morgan fingerprint density at radius 3 is 1.86 bits per heavy atom. The monoisotopic (exact) mass is 481 g/mol. The van der Waals surface area contributed by atoms with E-state index in [-0.39, 0.29) is 43.6 Å². The number of benzene rings is 2. The highest BCUT2D eigenvalue weighted by atomic mass is 16.5. The zero-order valence-electron chi connectivity index (χ0n) is 21.1. The minimum Gasteiger partial charge on any atom is -0.460 e. The SMILES string of the molecule is CC(=O)C(C(=O)OCc1ccccc1)=C(NCC(=O)OCc1ccccc1)C(C)COC(C)(C)C. The summed E-state index contributed by atoms with van der Waals surface area (Å²) in [6.07, 6.45) is 0. The first-order valence-electron chi connectivity index (χ1n) is 11.6. The Balaban J connectivity index is 2.18. The van der Waals surface area contributed by atoms with Crippen molar-refractivity contribution >= 4 is 17.7 Å². The standard InChI is InChI=1S/C28H35NO6/c1-20(17-35-28(3,4)5)26(29-16-24(31)33-18-22-12-8-6-9-13-22)25(21(2)30)27(32)34-19-23-14-10-7-11-15-23/h6-15,20,29H,16-19H2,1-5H3. The average molecular weight is 482 g/mol. The van der Waals surface area contributed by atoms with E-state index in [1.807, 2.05) is 88.4 Å². The van der Waals surface area contributed by atoms with Gasteiger partial charge in [0.05, 0.1) is 12.2 Å². The molecule has 2 aromatic carbocycles. The third-order valence-corrected chi connectivity index (χ3v) is 4.96. The van der Waals surface area contributed by atoms with Crippen molar-refractivity contribution in [2.45, 2.75) is 53.4 Å². The van der Waals surface area contributed by atoms with Crippen LogP contribution in [0.15, 0.2) is 71.9 Å². The first-order chi connectivity index (χ1) is 16.6. The van der Waals surface area contributed by atoms with E-state index in [1.54, 1.807) is 0 Å². The molecule has 0 bridgehead atoms. The second-order valence-corrected chi connectivity index (χ2v) is 9.23. The van der Waals surface area contributed by atoms with Gasteiger partial charge in [-0.25, -0.2) is 4.79 Å². The molecule has 1 atom stereocenters. The molecular formula is C28H35NO6. The van der Waals surface area contributed by atoms with Gasteiger partial charge in [-0.15, -0.1) is 0 Å². The van der Waals surface area contributed by atoms with Gasteiger partial charge in [0.15, 0.2) is 5.78 Å². The van der Waals surface area contributed by atoms with Gasteiger partial charge < -0.3 is 19.5 Å². The number of ketones is 1. The summed E-state index contributed by atoms with van der Waals surface area (Å²) in [5, 5.41) is 2.96. The molecule has 0 radical (unpaired) electrons. The molecule has 0 amide bonds. The van der Waals surface area contributed by atoms with Crippen molar-refractivity contribution < 1.29 is 28.6 Å². The van der Waals surface area contributed by atoms with Crippen LogP contribution in [0.1, 0.15) is 45.7 Å². The highest BCUT2D eigenvalue weighted by molar-refractivity contribution is 6.17. The maximum absolute atomic E-state index is 13.0. The number of rotatable bonds is 12. The van der Waals surface area contributed by atoms with E-state index >= 15 is 0 Å². The Kier molecular flexibility index (Phi) is 10.7. The zero-order valence-corrected chi connectivity index (χ0v) is 21.1. The average Bonchev–Trinajstić information content (AvgIpc) is 2.82. The van der Waals surface area contributed by atoms with Gasteiger partial charge in [0.25, 0.3) is 0 Å². The number of carbonyl (C=O) groups excluding carboxylic acids is 3. The number of carbonyl (C=O) groups is 3. The van der Waals surface area contributed by atoms with Gasteiger partial charge in [0.2, 0.25) is 0 Å². The van der Waals surface area contributed by atoms with E-state index in [9.17, 15) is 14.4 Å². The quantitative estimate of drug-likeness (QED) is 0.208. The van der Waals surface area contributed by atoms with Crippen LogP contribution in [0.3, 0.4) is 0 Å². The number of nitrogens with one attached hydrogen (secondary N) is 1. The summed E-state index contributed by atoms with van der Waals surface area (Å²) in [5.74, 6) is -2.13. The molecule has 2 rings (SSSR count). The maximum Gasteiger partial charge on any atom is 0.343 e. The fraction of sp³-hybridized carbons (Fsp3) is 0.393. The van der Waals surface area contributed by atoms with Crippen LogP contribution in [0.25, 0.3) is 0 Å². The van der Waals surface area contributed by atoms with Crippen LogP contribution in [0.5, 0.6) is 0 Å².